The Kier molecular flexibility index (Phi) is 9.00. The second-order valence-electron chi connectivity index (χ2n) is 14.3. The van der Waals surface area contributed by atoms with Gasteiger partial charge in [0, 0.05) is 35.9 Å². The van der Waals surface area contributed by atoms with E-state index in [1.54, 1.807) is 0 Å². The van der Waals surface area contributed by atoms with Crippen LogP contribution in [0.3, 0.4) is 0 Å². The van der Waals surface area contributed by atoms with E-state index in [1.807, 2.05) is 48.5 Å². The second kappa shape index (κ2) is 10.4. The number of hydrogen-bond acceptors (Lipinski definition) is 6. The zero-order chi connectivity index (χ0) is 27.0. The van der Waals surface area contributed by atoms with E-state index in [2.05, 4.69) is 37.9 Å². The van der Waals surface area contributed by atoms with E-state index in [0.29, 0.717) is 12.3 Å². The highest BCUT2D eigenvalue weighted by Gasteiger charge is 2.52. The minimum Gasteiger partial charge on any atom is -0.460 e. The number of carbonyl (C=O) groups excluding carboxylic acids is 2. The Balaban J connectivity index is 2.29. The van der Waals surface area contributed by atoms with Gasteiger partial charge in [-0.3, -0.25) is 14.5 Å². The fourth-order valence-corrected chi connectivity index (χ4v) is 5.53. The molecule has 2 atom stereocenters. The van der Waals surface area contributed by atoms with Crippen molar-refractivity contribution in [3.63, 3.8) is 0 Å². The van der Waals surface area contributed by atoms with Gasteiger partial charge in [-0.2, -0.15) is 0 Å². The summed E-state index contributed by atoms with van der Waals surface area (Å²) >= 11 is 0. The first kappa shape index (κ1) is 30.2. The number of esters is 1. The number of nitrogens with zero attached hydrogens (tertiary/aromatic N) is 1. The van der Waals surface area contributed by atoms with Gasteiger partial charge in [0.25, 0.3) is 0 Å². The van der Waals surface area contributed by atoms with Crippen molar-refractivity contribution in [1.82, 2.24) is 10.2 Å². The van der Waals surface area contributed by atoms with Gasteiger partial charge in [0.15, 0.2) is 0 Å². The maximum absolute atomic E-state index is 13.9. The van der Waals surface area contributed by atoms with Gasteiger partial charge in [-0.05, 0) is 92.7 Å². The summed E-state index contributed by atoms with van der Waals surface area (Å²) in [6, 6.07) is 0. The van der Waals surface area contributed by atoms with Crippen LogP contribution < -0.4 is 5.32 Å². The highest BCUT2D eigenvalue weighted by atomic mass is 16.6. The van der Waals surface area contributed by atoms with Crippen molar-refractivity contribution in [3.8, 4) is 0 Å². The molecule has 35 heavy (non-hydrogen) atoms. The van der Waals surface area contributed by atoms with Crippen molar-refractivity contribution < 1.29 is 19.4 Å². The Morgan fingerprint density at radius 1 is 0.971 bits per heavy atom. The van der Waals surface area contributed by atoms with Gasteiger partial charge in [-0.1, -0.05) is 27.7 Å². The molecule has 0 aromatic carbocycles. The van der Waals surface area contributed by atoms with Gasteiger partial charge < -0.3 is 15.2 Å². The number of Topliss-reactive ketones (excluding diaryl/α,β-unsaturated/α-hetero) is 1. The van der Waals surface area contributed by atoms with Crippen LogP contribution in [0, 0.1) is 28.1 Å². The number of likely N-dealkylation sites (tertiary alicyclic amines) is 1. The van der Waals surface area contributed by atoms with E-state index in [9.17, 15) is 14.7 Å². The summed E-state index contributed by atoms with van der Waals surface area (Å²) in [5, 5.41) is 14.2. The molecular formula is C29H54N2O4. The molecule has 0 saturated carbocycles. The molecule has 2 fully saturated rings. The summed E-state index contributed by atoms with van der Waals surface area (Å²) < 4.78 is 5.71. The Bertz CT molecular complexity index is 757. The third-order valence-electron chi connectivity index (χ3n) is 9.99. The monoisotopic (exact) mass is 494 g/mol. The van der Waals surface area contributed by atoms with E-state index in [0.717, 1.165) is 45.4 Å². The first-order chi connectivity index (χ1) is 15.7. The van der Waals surface area contributed by atoms with Gasteiger partial charge in [0.2, 0.25) is 0 Å². The maximum atomic E-state index is 13.9. The number of piperidine rings is 2. The molecule has 2 heterocycles. The van der Waals surface area contributed by atoms with Crippen LogP contribution in [0.1, 0.15) is 102 Å². The number of nitrogens with one attached hydrogen (secondary N) is 1. The van der Waals surface area contributed by atoms with Gasteiger partial charge in [-0.15, -0.1) is 0 Å². The van der Waals surface area contributed by atoms with E-state index in [1.165, 1.54) is 0 Å². The quantitative estimate of drug-likeness (QED) is 0.471. The summed E-state index contributed by atoms with van der Waals surface area (Å²) in [5.41, 5.74) is -2.82. The van der Waals surface area contributed by atoms with Crippen molar-refractivity contribution >= 4 is 11.8 Å². The van der Waals surface area contributed by atoms with Crippen molar-refractivity contribution in [3.05, 3.63) is 0 Å². The zero-order valence-corrected chi connectivity index (χ0v) is 24.5. The lowest BCUT2D eigenvalue weighted by molar-refractivity contribution is -0.175. The van der Waals surface area contributed by atoms with Crippen LogP contribution in [0.5, 0.6) is 0 Å². The first-order valence-corrected chi connectivity index (χ1v) is 13.7. The largest absolute Gasteiger partial charge is 0.460 e. The SMILES string of the molecule is CC(C)(C)OC(=O)C(C)(C)C(C)(C)C(=O)CC(CN1CCC(O)C(C)(C)C1(C)C)C1CCNCC1. The van der Waals surface area contributed by atoms with Gasteiger partial charge >= 0.3 is 5.97 Å². The van der Waals surface area contributed by atoms with Crippen LogP contribution in [0.2, 0.25) is 0 Å². The summed E-state index contributed by atoms with van der Waals surface area (Å²) in [6.07, 6.45) is 3.00. The number of hydrogen-bond donors (Lipinski definition) is 2. The molecule has 2 saturated heterocycles. The first-order valence-electron chi connectivity index (χ1n) is 13.7. The molecule has 0 radical (unpaired) electrons. The van der Waals surface area contributed by atoms with E-state index in [-0.39, 0.29) is 34.7 Å². The van der Waals surface area contributed by atoms with Crippen molar-refractivity contribution in [2.45, 2.75) is 119 Å². The number of aliphatic hydroxyl groups is 1. The molecule has 0 spiro atoms. The molecule has 6 heteroatoms. The molecule has 0 aliphatic carbocycles. The Labute approximate surface area is 214 Å². The fraction of sp³-hybridized carbons (Fsp3) is 0.931. The van der Waals surface area contributed by atoms with Gasteiger partial charge in [0.1, 0.15) is 11.4 Å². The zero-order valence-electron chi connectivity index (χ0n) is 24.5. The lowest BCUT2D eigenvalue weighted by Gasteiger charge is -2.57. The minimum absolute atomic E-state index is 0.131. The normalized spacial score (nSPS) is 25.2. The van der Waals surface area contributed by atoms with Crippen LogP contribution >= 0.6 is 0 Å². The summed E-state index contributed by atoms with van der Waals surface area (Å²) in [4.78, 5) is 29.5. The van der Waals surface area contributed by atoms with Crippen molar-refractivity contribution in [1.29, 1.82) is 0 Å². The smallest absolute Gasteiger partial charge is 0.313 e. The molecule has 2 N–H and O–H groups in total. The molecule has 0 bridgehead atoms. The molecule has 204 valence electrons. The average molecular weight is 495 g/mol. The van der Waals surface area contributed by atoms with E-state index in [4.69, 9.17) is 4.74 Å². The average Bonchev–Trinajstić information content (AvgIpc) is 2.73. The van der Waals surface area contributed by atoms with Crippen LogP contribution in [0.15, 0.2) is 0 Å². The number of rotatable bonds is 8. The highest BCUT2D eigenvalue weighted by Crippen LogP contribution is 2.46. The molecule has 0 aromatic heterocycles. The molecule has 0 aromatic rings. The Morgan fingerprint density at radius 2 is 1.51 bits per heavy atom. The molecule has 2 rings (SSSR count). The third kappa shape index (κ3) is 6.30. The van der Waals surface area contributed by atoms with Gasteiger partial charge in [-0.25, -0.2) is 0 Å². The summed E-state index contributed by atoms with van der Waals surface area (Å²) in [7, 11) is 0. The predicted octanol–water partition coefficient (Wildman–Crippen LogP) is 4.83. The summed E-state index contributed by atoms with van der Waals surface area (Å²) in [6.45, 7) is 25.5. The lowest BCUT2D eigenvalue weighted by Crippen LogP contribution is -2.64. The molecule has 2 unspecified atom stereocenters. The molecule has 2 aliphatic rings. The molecule has 2 aliphatic heterocycles. The standard InChI is InChI=1S/C29H54N2O4/c1-25(2,3)35-24(34)28(8,9)26(4,5)23(33)18-21(20-12-15-30-16-13-20)19-31-17-14-22(32)27(6,7)29(31,10)11/h20-22,30,32H,12-19H2,1-11H3. The number of carbonyl (C=O) groups is 2. The number of aliphatic hydroxyl groups excluding tert-OH is 1. The lowest BCUT2D eigenvalue weighted by atomic mass is 9.62. The highest BCUT2D eigenvalue weighted by molar-refractivity contribution is 5.91. The number of ketones is 1. The third-order valence-corrected chi connectivity index (χ3v) is 9.99. The summed E-state index contributed by atoms with van der Waals surface area (Å²) in [5.74, 6) is 0.482. The van der Waals surface area contributed by atoms with Crippen LogP contribution in [0.25, 0.3) is 0 Å². The molecule has 6 nitrogen and oxygen atoms in total. The molecular weight excluding hydrogens is 440 g/mol. The topological polar surface area (TPSA) is 78.9 Å². The van der Waals surface area contributed by atoms with Crippen LogP contribution in [-0.2, 0) is 14.3 Å². The predicted molar refractivity (Wildman–Crippen MR) is 142 cm³/mol. The van der Waals surface area contributed by atoms with E-state index < -0.39 is 16.4 Å². The van der Waals surface area contributed by atoms with Crippen molar-refractivity contribution in [2.75, 3.05) is 26.2 Å². The van der Waals surface area contributed by atoms with Crippen molar-refractivity contribution in [2.24, 2.45) is 28.1 Å². The minimum atomic E-state index is -0.938. The van der Waals surface area contributed by atoms with Gasteiger partial charge in [0.05, 0.1) is 11.5 Å². The number of ether oxygens (including phenoxy) is 1. The Morgan fingerprint density at radius 3 is 2.03 bits per heavy atom. The van der Waals surface area contributed by atoms with Crippen LogP contribution in [0.4, 0.5) is 0 Å². The van der Waals surface area contributed by atoms with Crippen LogP contribution in [-0.4, -0.2) is 65.2 Å². The fourth-order valence-electron chi connectivity index (χ4n) is 5.53. The Hall–Kier alpha value is -0.980. The maximum Gasteiger partial charge on any atom is 0.313 e. The molecule has 0 amide bonds. The van der Waals surface area contributed by atoms with E-state index >= 15 is 0 Å². The second-order valence-corrected chi connectivity index (χ2v) is 14.3.